The van der Waals surface area contributed by atoms with Gasteiger partial charge in [-0.3, -0.25) is 9.78 Å². The third kappa shape index (κ3) is 4.35. The van der Waals surface area contributed by atoms with E-state index in [-0.39, 0.29) is 5.91 Å². The molecule has 1 aromatic carbocycles. The maximum Gasteiger partial charge on any atom is 0.228 e. The number of para-hydroxylation sites is 1. The van der Waals surface area contributed by atoms with E-state index < -0.39 is 0 Å². The fourth-order valence-corrected chi connectivity index (χ4v) is 3.58. The normalized spacial score (nSPS) is 11.0. The first-order valence-corrected chi connectivity index (χ1v) is 9.44. The molecule has 136 valence electrons. The minimum Gasteiger partial charge on any atom is -0.356 e. The summed E-state index contributed by atoms with van der Waals surface area (Å²) < 4.78 is 6.36. The van der Waals surface area contributed by atoms with Crippen molar-refractivity contribution in [2.75, 3.05) is 6.54 Å². The number of amides is 1. The van der Waals surface area contributed by atoms with E-state index in [0.717, 1.165) is 20.8 Å². The molecule has 0 saturated carbocycles. The molecule has 0 saturated heterocycles. The van der Waals surface area contributed by atoms with Crippen molar-refractivity contribution >= 4 is 27.5 Å². The summed E-state index contributed by atoms with van der Waals surface area (Å²) in [5.74, 6) is 0.974. The molecule has 0 aliphatic carbocycles. The van der Waals surface area contributed by atoms with E-state index in [2.05, 4.69) is 25.4 Å². The number of aromatic nitrogens is 4. The number of carbonyl (C=O) groups is 1. The maximum atomic E-state index is 12.0. The van der Waals surface area contributed by atoms with Crippen molar-refractivity contribution in [2.45, 2.75) is 19.3 Å². The number of thiazole rings is 1. The molecule has 3 aromatic heterocycles. The number of rotatable bonds is 7. The van der Waals surface area contributed by atoms with Crippen LogP contribution in [0.2, 0.25) is 0 Å². The van der Waals surface area contributed by atoms with E-state index in [1.807, 2.05) is 36.4 Å². The fraction of sp³-hybridized carbons (Fsp3) is 0.211. The summed E-state index contributed by atoms with van der Waals surface area (Å²) in [5.41, 5.74) is 1.78. The number of carbonyl (C=O) groups excluding carboxylic acids is 1. The molecule has 0 aliphatic rings. The van der Waals surface area contributed by atoms with E-state index in [1.165, 1.54) is 0 Å². The average molecular weight is 379 g/mol. The molecule has 8 heteroatoms. The van der Waals surface area contributed by atoms with E-state index in [0.29, 0.717) is 37.5 Å². The van der Waals surface area contributed by atoms with Crippen LogP contribution in [0.15, 0.2) is 53.3 Å². The first kappa shape index (κ1) is 17.3. The molecule has 0 radical (unpaired) electrons. The second-order valence-corrected chi connectivity index (χ2v) is 7.04. The lowest BCUT2D eigenvalue weighted by Gasteiger charge is -2.01. The van der Waals surface area contributed by atoms with Gasteiger partial charge >= 0.3 is 0 Å². The van der Waals surface area contributed by atoms with Crippen LogP contribution < -0.4 is 5.32 Å². The Bertz CT molecular complexity index is 1010. The number of nitrogens with one attached hydrogen (secondary N) is 1. The Balaban J connectivity index is 1.23. The van der Waals surface area contributed by atoms with Crippen LogP contribution in [0.1, 0.15) is 17.3 Å². The van der Waals surface area contributed by atoms with Crippen molar-refractivity contribution in [3.63, 3.8) is 0 Å². The fourth-order valence-electron chi connectivity index (χ4n) is 2.61. The molecular weight excluding hydrogens is 362 g/mol. The summed E-state index contributed by atoms with van der Waals surface area (Å²) in [7, 11) is 0. The van der Waals surface area contributed by atoms with Gasteiger partial charge < -0.3 is 9.84 Å². The number of fused-ring (bicyclic) bond motifs is 1. The Kier molecular flexibility index (Phi) is 5.15. The van der Waals surface area contributed by atoms with E-state index in [9.17, 15) is 4.79 Å². The summed E-state index contributed by atoms with van der Waals surface area (Å²) in [6.07, 6.45) is 4.90. The van der Waals surface area contributed by atoms with Crippen molar-refractivity contribution in [3.8, 4) is 11.4 Å². The predicted molar refractivity (Wildman–Crippen MR) is 102 cm³/mol. The lowest BCUT2D eigenvalue weighted by Crippen LogP contribution is -2.25. The first-order chi connectivity index (χ1) is 13.3. The summed E-state index contributed by atoms with van der Waals surface area (Å²) >= 11 is 1.63. The molecule has 0 fully saturated rings. The smallest absolute Gasteiger partial charge is 0.228 e. The Morgan fingerprint density at radius 2 is 2.04 bits per heavy atom. The van der Waals surface area contributed by atoms with E-state index in [4.69, 9.17) is 4.52 Å². The van der Waals surface area contributed by atoms with Crippen LogP contribution in [-0.2, 0) is 17.6 Å². The molecular formula is C19H17N5O2S. The van der Waals surface area contributed by atoms with Gasteiger partial charge in [0.2, 0.25) is 17.6 Å². The Labute approximate surface area is 159 Å². The summed E-state index contributed by atoms with van der Waals surface area (Å²) in [5, 5.41) is 7.79. The molecule has 27 heavy (non-hydrogen) atoms. The zero-order valence-electron chi connectivity index (χ0n) is 14.5. The molecule has 4 aromatic rings. The first-order valence-electron chi connectivity index (χ1n) is 8.62. The standard InChI is InChI=1S/C19H17N5O2S/c25-16(7-8-18-22-14-5-1-2-6-15(14)27-18)21-11-9-17-23-19(24-26-17)13-4-3-10-20-12-13/h1-6,10,12H,7-9,11H2,(H,21,25). The van der Waals surface area contributed by atoms with Gasteiger partial charge in [0.15, 0.2) is 0 Å². The van der Waals surface area contributed by atoms with E-state index >= 15 is 0 Å². The minimum absolute atomic E-state index is 0.0127. The Morgan fingerprint density at radius 3 is 2.89 bits per heavy atom. The number of nitrogens with zero attached hydrogens (tertiary/aromatic N) is 4. The maximum absolute atomic E-state index is 12.0. The van der Waals surface area contributed by atoms with Gasteiger partial charge in [0.1, 0.15) is 0 Å². The minimum atomic E-state index is -0.0127. The van der Waals surface area contributed by atoms with Gasteiger partial charge in [-0.05, 0) is 24.3 Å². The van der Waals surface area contributed by atoms with Crippen molar-refractivity contribution in [1.82, 2.24) is 25.4 Å². The third-order valence-electron chi connectivity index (χ3n) is 3.95. The van der Waals surface area contributed by atoms with Gasteiger partial charge in [0.05, 0.1) is 15.2 Å². The molecule has 0 unspecified atom stereocenters. The zero-order chi connectivity index (χ0) is 18.5. The molecule has 0 atom stereocenters. The van der Waals surface area contributed by atoms with Crippen LogP contribution in [-0.4, -0.2) is 32.6 Å². The number of hydrogen-bond acceptors (Lipinski definition) is 7. The largest absolute Gasteiger partial charge is 0.356 e. The molecule has 7 nitrogen and oxygen atoms in total. The predicted octanol–water partition coefficient (Wildman–Crippen LogP) is 3.03. The van der Waals surface area contributed by atoms with Gasteiger partial charge in [0, 0.05) is 43.8 Å². The number of aryl methyl sites for hydroxylation is 1. The molecule has 3 heterocycles. The van der Waals surface area contributed by atoms with Crippen LogP contribution in [0.4, 0.5) is 0 Å². The van der Waals surface area contributed by atoms with Crippen molar-refractivity contribution in [2.24, 2.45) is 0 Å². The highest BCUT2D eigenvalue weighted by Gasteiger charge is 2.10. The number of pyridine rings is 1. The Hall–Kier alpha value is -3.13. The third-order valence-corrected chi connectivity index (χ3v) is 5.05. The second kappa shape index (κ2) is 8.05. The number of hydrogen-bond donors (Lipinski definition) is 1. The van der Waals surface area contributed by atoms with Gasteiger partial charge in [-0.1, -0.05) is 17.3 Å². The van der Waals surface area contributed by atoms with Crippen LogP contribution in [0.5, 0.6) is 0 Å². The quantitative estimate of drug-likeness (QED) is 0.530. The van der Waals surface area contributed by atoms with Crippen LogP contribution in [0.25, 0.3) is 21.6 Å². The lowest BCUT2D eigenvalue weighted by molar-refractivity contribution is -0.121. The Morgan fingerprint density at radius 1 is 1.11 bits per heavy atom. The van der Waals surface area contributed by atoms with Crippen molar-refractivity contribution in [1.29, 1.82) is 0 Å². The zero-order valence-corrected chi connectivity index (χ0v) is 15.3. The topological polar surface area (TPSA) is 93.8 Å². The van der Waals surface area contributed by atoms with Gasteiger partial charge in [-0.2, -0.15) is 4.98 Å². The molecule has 0 bridgehead atoms. The summed E-state index contributed by atoms with van der Waals surface area (Å²) in [6, 6.07) is 11.7. The van der Waals surface area contributed by atoms with Crippen LogP contribution in [0.3, 0.4) is 0 Å². The van der Waals surface area contributed by atoms with Crippen molar-refractivity contribution < 1.29 is 9.32 Å². The van der Waals surface area contributed by atoms with Crippen LogP contribution in [0, 0.1) is 0 Å². The average Bonchev–Trinajstić information content (AvgIpc) is 3.34. The van der Waals surface area contributed by atoms with Gasteiger partial charge in [-0.15, -0.1) is 11.3 Å². The van der Waals surface area contributed by atoms with Crippen LogP contribution >= 0.6 is 11.3 Å². The monoisotopic (exact) mass is 379 g/mol. The highest BCUT2D eigenvalue weighted by molar-refractivity contribution is 7.18. The van der Waals surface area contributed by atoms with Gasteiger partial charge in [-0.25, -0.2) is 4.98 Å². The highest BCUT2D eigenvalue weighted by Crippen LogP contribution is 2.22. The molecule has 0 aliphatic heterocycles. The highest BCUT2D eigenvalue weighted by atomic mass is 32.1. The summed E-state index contributed by atoms with van der Waals surface area (Å²) in [4.78, 5) is 24.9. The lowest BCUT2D eigenvalue weighted by atomic mass is 10.3. The van der Waals surface area contributed by atoms with E-state index in [1.54, 1.807) is 23.7 Å². The molecule has 0 spiro atoms. The molecule has 1 amide bonds. The second-order valence-electron chi connectivity index (χ2n) is 5.93. The van der Waals surface area contributed by atoms with Crippen molar-refractivity contribution in [3.05, 3.63) is 59.7 Å². The molecule has 1 N–H and O–H groups in total. The number of benzene rings is 1. The van der Waals surface area contributed by atoms with Gasteiger partial charge in [0.25, 0.3) is 0 Å². The SMILES string of the molecule is O=C(CCc1nc2ccccc2s1)NCCc1nc(-c2cccnc2)no1. The molecule has 4 rings (SSSR count). The summed E-state index contributed by atoms with van der Waals surface area (Å²) in [6.45, 7) is 0.452.